The van der Waals surface area contributed by atoms with Crippen molar-refractivity contribution in [3.63, 3.8) is 0 Å². The maximum atomic E-state index is 10.4. The van der Waals surface area contributed by atoms with E-state index in [0.717, 1.165) is 6.26 Å². The lowest BCUT2D eigenvalue weighted by atomic mass is 9.99. The highest BCUT2D eigenvalue weighted by molar-refractivity contribution is 7.86. The van der Waals surface area contributed by atoms with Crippen LogP contribution in [-0.4, -0.2) is 14.7 Å². The topological polar surface area (TPSA) is 43.4 Å². The van der Waals surface area contributed by atoms with E-state index >= 15 is 0 Å². The fourth-order valence-corrected chi connectivity index (χ4v) is 0.443. The molecule has 0 spiro atoms. The van der Waals surface area contributed by atoms with E-state index in [9.17, 15) is 8.42 Å². The van der Waals surface area contributed by atoms with Crippen LogP contribution < -0.4 is 0 Å². The summed E-state index contributed by atoms with van der Waals surface area (Å²) in [7, 11) is -3.42. The summed E-state index contributed by atoms with van der Waals surface area (Å²) in [6.45, 7) is 5.60. The van der Waals surface area contributed by atoms with E-state index < -0.39 is 10.1 Å². The minimum atomic E-state index is -3.42. The van der Waals surface area contributed by atoms with Gasteiger partial charge in [0.2, 0.25) is 0 Å². The lowest BCUT2D eigenvalue weighted by Gasteiger charge is -2.05. The molecule has 11 heavy (non-hydrogen) atoms. The Morgan fingerprint density at radius 2 is 1.73 bits per heavy atom. The van der Waals surface area contributed by atoms with Crippen LogP contribution in [0.3, 0.4) is 0 Å². The Bertz CT molecular complexity index is 271. The summed E-state index contributed by atoms with van der Waals surface area (Å²) in [4.78, 5) is 0. The third-order valence-corrected chi connectivity index (χ3v) is 1.01. The van der Waals surface area contributed by atoms with Gasteiger partial charge in [-0.25, -0.2) is 0 Å². The van der Waals surface area contributed by atoms with Gasteiger partial charge in [-0.15, -0.1) is 0 Å². The Morgan fingerprint density at radius 1 is 1.27 bits per heavy atom. The molecule has 0 rings (SSSR count). The van der Waals surface area contributed by atoms with Gasteiger partial charge in [0.25, 0.3) is 0 Å². The Morgan fingerprint density at radius 3 is 2.00 bits per heavy atom. The molecule has 0 unspecified atom stereocenters. The van der Waals surface area contributed by atoms with Gasteiger partial charge in [0.15, 0.2) is 0 Å². The second kappa shape index (κ2) is 3.14. The average molecular weight is 176 g/mol. The highest BCUT2D eigenvalue weighted by atomic mass is 32.2. The number of hydrogen-bond donors (Lipinski definition) is 0. The van der Waals surface area contributed by atoms with Crippen LogP contribution >= 0.6 is 0 Å². The van der Waals surface area contributed by atoms with Crippen molar-refractivity contribution in [3.05, 3.63) is 0 Å². The third kappa shape index (κ3) is 9.31. The molecule has 64 valence electrons. The van der Waals surface area contributed by atoms with Crippen molar-refractivity contribution < 1.29 is 12.6 Å². The Hall–Kier alpha value is -0.690. The lowest BCUT2D eigenvalue weighted by molar-refractivity contribution is 0.467. The molecular formula is C7H12O3S. The summed E-state index contributed by atoms with van der Waals surface area (Å²) >= 11 is 0. The Balaban J connectivity index is 4.16. The molecule has 0 radical (unpaired) electrons. The van der Waals surface area contributed by atoms with Crippen LogP contribution in [0.1, 0.15) is 20.8 Å². The third-order valence-electron chi connectivity index (χ3n) is 0.619. The first-order chi connectivity index (χ1) is 4.71. The predicted octanol–water partition coefficient (Wildman–Crippen LogP) is 0.970. The molecule has 0 aromatic rings. The summed E-state index contributed by atoms with van der Waals surface area (Å²) in [5, 5.41) is 0. The van der Waals surface area contributed by atoms with Crippen molar-refractivity contribution in [2.24, 2.45) is 5.41 Å². The first-order valence-corrected chi connectivity index (χ1v) is 4.93. The number of hydrogen-bond acceptors (Lipinski definition) is 3. The van der Waals surface area contributed by atoms with Crippen LogP contribution in [0, 0.1) is 17.4 Å². The van der Waals surface area contributed by atoms with Crippen LogP contribution in [0.2, 0.25) is 0 Å². The molecule has 0 N–H and O–H groups in total. The van der Waals surface area contributed by atoms with Crippen LogP contribution in [0.25, 0.3) is 0 Å². The standard InChI is InChI=1S/C7H12O3S/c1-7(2,3)5-6-10-11(4,8)9/h1-4H3. The molecule has 0 aliphatic rings. The summed E-state index contributed by atoms with van der Waals surface area (Å²) < 4.78 is 25.0. The summed E-state index contributed by atoms with van der Waals surface area (Å²) in [5.74, 6) is 2.63. The number of rotatable bonds is 1. The highest BCUT2D eigenvalue weighted by Crippen LogP contribution is 2.09. The minimum absolute atomic E-state index is 0.231. The fraction of sp³-hybridized carbons (Fsp3) is 0.714. The van der Waals surface area contributed by atoms with Gasteiger partial charge in [-0.2, -0.15) is 8.42 Å². The minimum Gasteiger partial charge on any atom is -0.328 e. The second-order valence-electron chi connectivity index (χ2n) is 3.26. The van der Waals surface area contributed by atoms with Gasteiger partial charge >= 0.3 is 10.1 Å². The van der Waals surface area contributed by atoms with Crippen molar-refractivity contribution in [1.82, 2.24) is 0 Å². The van der Waals surface area contributed by atoms with Crippen molar-refractivity contribution in [2.75, 3.05) is 6.26 Å². The SMILES string of the molecule is CC(C)(C)C#COS(C)(=O)=O. The Kier molecular flexibility index (Phi) is 2.94. The van der Waals surface area contributed by atoms with Gasteiger partial charge in [0, 0.05) is 5.41 Å². The molecule has 0 bridgehead atoms. The van der Waals surface area contributed by atoms with Crippen molar-refractivity contribution in [1.29, 1.82) is 0 Å². The van der Waals surface area contributed by atoms with E-state index in [0.29, 0.717) is 0 Å². The molecule has 0 aromatic heterocycles. The van der Waals surface area contributed by atoms with Crippen LogP contribution in [-0.2, 0) is 14.3 Å². The fourth-order valence-electron chi connectivity index (χ4n) is 0.250. The molecular weight excluding hydrogens is 164 g/mol. The van der Waals surface area contributed by atoms with Crippen molar-refractivity contribution in [3.8, 4) is 12.0 Å². The van der Waals surface area contributed by atoms with E-state index in [1.54, 1.807) is 0 Å². The molecule has 0 amide bonds. The summed E-state index contributed by atoms with van der Waals surface area (Å²) in [5.41, 5.74) is -0.231. The molecule has 0 saturated carbocycles. The lowest BCUT2D eigenvalue weighted by Crippen LogP contribution is -2.02. The normalized spacial score (nSPS) is 11.6. The first kappa shape index (κ1) is 10.3. The van der Waals surface area contributed by atoms with Gasteiger partial charge in [-0.1, -0.05) is 5.92 Å². The smallest absolute Gasteiger partial charge is 0.314 e. The zero-order valence-electron chi connectivity index (χ0n) is 7.13. The molecule has 0 heterocycles. The van der Waals surface area contributed by atoms with E-state index in [2.05, 4.69) is 16.2 Å². The van der Waals surface area contributed by atoms with Crippen molar-refractivity contribution >= 4 is 10.1 Å². The van der Waals surface area contributed by atoms with E-state index in [1.807, 2.05) is 20.8 Å². The van der Waals surface area contributed by atoms with Crippen LogP contribution in [0.5, 0.6) is 0 Å². The second-order valence-corrected chi connectivity index (χ2v) is 4.84. The monoisotopic (exact) mass is 176 g/mol. The largest absolute Gasteiger partial charge is 0.328 e. The first-order valence-electron chi connectivity index (χ1n) is 3.11. The molecule has 3 nitrogen and oxygen atoms in total. The van der Waals surface area contributed by atoms with Gasteiger partial charge in [0.05, 0.1) is 6.26 Å². The highest BCUT2D eigenvalue weighted by Gasteiger charge is 2.04. The van der Waals surface area contributed by atoms with Crippen LogP contribution in [0.4, 0.5) is 0 Å². The summed E-state index contributed by atoms with van der Waals surface area (Å²) in [6, 6.07) is 0. The van der Waals surface area contributed by atoms with E-state index in [-0.39, 0.29) is 5.41 Å². The van der Waals surface area contributed by atoms with Gasteiger partial charge < -0.3 is 4.18 Å². The predicted molar refractivity (Wildman–Crippen MR) is 43.2 cm³/mol. The molecule has 0 saturated heterocycles. The van der Waals surface area contributed by atoms with Crippen LogP contribution in [0.15, 0.2) is 0 Å². The van der Waals surface area contributed by atoms with Gasteiger partial charge in [-0.05, 0) is 20.8 Å². The van der Waals surface area contributed by atoms with Gasteiger partial charge in [0.1, 0.15) is 6.11 Å². The molecule has 0 atom stereocenters. The van der Waals surface area contributed by atoms with Crippen molar-refractivity contribution in [2.45, 2.75) is 20.8 Å². The quantitative estimate of drug-likeness (QED) is 0.441. The molecule has 0 aliphatic carbocycles. The maximum absolute atomic E-state index is 10.4. The Labute approximate surface area is 67.9 Å². The zero-order valence-corrected chi connectivity index (χ0v) is 7.95. The van der Waals surface area contributed by atoms with E-state index in [4.69, 9.17) is 0 Å². The molecule has 4 heteroatoms. The maximum Gasteiger partial charge on any atom is 0.314 e. The summed E-state index contributed by atoms with van der Waals surface area (Å²) in [6.07, 6.45) is 3.09. The zero-order chi connectivity index (χ0) is 9.12. The van der Waals surface area contributed by atoms with Gasteiger partial charge in [-0.3, -0.25) is 0 Å². The molecule has 0 aliphatic heterocycles. The molecule has 0 fully saturated rings. The molecule has 0 aromatic carbocycles. The van der Waals surface area contributed by atoms with E-state index in [1.165, 1.54) is 0 Å². The average Bonchev–Trinajstić information content (AvgIpc) is 1.55.